The van der Waals surface area contributed by atoms with Crippen LogP contribution >= 0.6 is 23.5 Å². The van der Waals surface area contributed by atoms with Gasteiger partial charge in [-0.05, 0) is 79.0 Å². The van der Waals surface area contributed by atoms with E-state index in [0.717, 1.165) is 35.8 Å². The van der Waals surface area contributed by atoms with E-state index in [1.54, 1.807) is 14.2 Å². The highest BCUT2D eigenvalue weighted by atomic mass is 32.2. The maximum atomic E-state index is 12.6. The number of aryl methyl sites for hydroxylation is 2. The Morgan fingerprint density at radius 2 is 1.74 bits per heavy atom. The summed E-state index contributed by atoms with van der Waals surface area (Å²) in [5.41, 5.74) is 5.06. The van der Waals surface area contributed by atoms with E-state index in [1.165, 1.54) is 28.7 Å². The van der Waals surface area contributed by atoms with E-state index in [-0.39, 0.29) is 9.99 Å². The highest BCUT2D eigenvalue weighted by Crippen LogP contribution is 2.54. The molecule has 1 amide bonds. The molecule has 0 aliphatic carbocycles. The van der Waals surface area contributed by atoms with Gasteiger partial charge in [-0.2, -0.15) is 0 Å². The highest BCUT2D eigenvalue weighted by Gasteiger charge is 2.36. The van der Waals surface area contributed by atoms with E-state index in [2.05, 4.69) is 49.5 Å². The number of hydrogen-bond acceptors (Lipinski definition) is 5. The van der Waals surface area contributed by atoms with Gasteiger partial charge in [0, 0.05) is 13.0 Å². The zero-order valence-electron chi connectivity index (χ0n) is 19.0. The fourth-order valence-electron chi connectivity index (χ4n) is 3.77. The number of carbonyl (C=O) groups excluding carboxylic acids is 1. The lowest BCUT2D eigenvalue weighted by atomic mass is 10.0. The number of ether oxygens (including phenoxy) is 2. The Balaban J connectivity index is 1.60. The summed E-state index contributed by atoms with van der Waals surface area (Å²) < 4.78 is 10.8. The van der Waals surface area contributed by atoms with Crippen LogP contribution in [0, 0.1) is 13.8 Å². The van der Waals surface area contributed by atoms with Gasteiger partial charge in [0.15, 0.2) is 11.5 Å². The lowest BCUT2D eigenvalue weighted by Crippen LogP contribution is -2.29. The van der Waals surface area contributed by atoms with E-state index in [9.17, 15) is 4.79 Å². The van der Waals surface area contributed by atoms with Crippen molar-refractivity contribution in [2.45, 2.75) is 43.6 Å². The number of methoxy groups -OCH3 is 2. The number of hydrogen-bond donors (Lipinski definition) is 1. The van der Waals surface area contributed by atoms with Gasteiger partial charge in [0.2, 0.25) is 5.91 Å². The van der Waals surface area contributed by atoms with E-state index in [1.807, 2.05) is 29.6 Å². The first-order valence-corrected chi connectivity index (χ1v) is 12.8. The summed E-state index contributed by atoms with van der Waals surface area (Å²) in [4.78, 5) is 12.6. The van der Waals surface area contributed by atoms with Crippen LogP contribution < -0.4 is 14.8 Å². The number of amides is 1. The molecule has 1 fully saturated rings. The predicted octanol–water partition coefficient (Wildman–Crippen LogP) is 5.48. The molecule has 0 spiro atoms. The van der Waals surface area contributed by atoms with Crippen LogP contribution in [-0.4, -0.2) is 38.2 Å². The first-order valence-electron chi connectivity index (χ1n) is 10.8. The SMILES string of the molecule is COc1ccc(C2(CCC(=O)NCCc3ccc(C)c(C)c3)SCCCS2)cc1OC. The maximum Gasteiger partial charge on any atom is 0.220 e. The average molecular weight is 460 g/mol. The van der Waals surface area contributed by atoms with Gasteiger partial charge < -0.3 is 14.8 Å². The number of nitrogens with one attached hydrogen (secondary N) is 1. The fourth-order valence-corrected chi connectivity index (χ4v) is 7.11. The van der Waals surface area contributed by atoms with Crippen molar-refractivity contribution < 1.29 is 14.3 Å². The van der Waals surface area contributed by atoms with Gasteiger partial charge in [-0.1, -0.05) is 24.3 Å². The molecule has 2 aromatic carbocycles. The van der Waals surface area contributed by atoms with Crippen molar-refractivity contribution >= 4 is 29.4 Å². The summed E-state index contributed by atoms with van der Waals surface area (Å²) in [6.45, 7) is 4.92. The fraction of sp³-hybridized carbons (Fsp3) is 0.480. The summed E-state index contributed by atoms with van der Waals surface area (Å²) in [7, 11) is 3.32. The van der Waals surface area contributed by atoms with Crippen LogP contribution in [-0.2, 0) is 15.3 Å². The predicted molar refractivity (Wildman–Crippen MR) is 133 cm³/mol. The van der Waals surface area contributed by atoms with Gasteiger partial charge in [0.1, 0.15) is 0 Å². The first-order chi connectivity index (χ1) is 15.0. The molecule has 0 atom stereocenters. The Hall–Kier alpha value is -1.79. The quantitative estimate of drug-likeness (QED) is 0.538. The average Bonchev–Trinajstić information content (AvgIpc) is 2.80. The molecule has 4 nitrogen and oxygen atoms in total. The first kappa shape index (κ1) is 23.9. The molecule has 0 unspecified atom stereocenters. The number of rotatable bonds is 9. The molecule has 0 saturated carbocycles. The molecule has 3 rings (SSSR count). The third kappa shape index (κ3) is 6.13. The monoisotopic (exact) mass is 459 g/mol. The lowest BCUT2D eigenvalue weighted by Gasteiger charge is -2.37. The molecule has 31 heavy (non-hydrogen) atoms. The standard InChI is InChI=1S/C25H33NO3S2/c1-18-6-7-20(16-19(18)2)11-13-26-24(27)10-12-25(30-14-5-15-31-25)21-8-9-22(28-3)23(17-21)29-4/h6-9,16-17H,5,10-15H2,1-4H3,(H,26,27). The van der Waals surface area contributed by atoms with Crippen molar-refractivity contribution in [1.29, 1.82) is 0 Å². The summed E-state index contributed by atoms with van der Waals surface area (Å²) in [5, 5.41) is 3.11. The zero-order valence-corrected chi connectivity index (χ0v) is 20.6. The minimum atomic E-state index is -0.122. The van der Waals surface area contributed by atoms with Crippen LogP contribution in [0.2, 0.25) is 0 Å². The second-order valence-electron chi connectivity index (χ2n) is 7.89. The Bertz CT molecular complexity index is 894. The molecule has 1 heterocycles. The number of thioether (sulfide) groups is 2. The second-order valence-corrected chi connectivity index (χ2v) is 10.9. The van der Waals surface area contributed by atoms with Crippen molar-refractivity contribution in [2.24, 2.45) is 0 Å². The normalized spacial score (nSPS) is 15.4. The smallest absolute Gasteiger partial charge is 0.220 e. The van der Waals surface area contributed by atoms with Crippen LogP contribution in [0.1, 0.15) is 41.5 Å². The number of benzene rings is 2. The maximum absolute atomic E-state index is 12.6. The van der Waals surface area contributed by atoms with E-state index < -0.39 is 0 Å². The van der Waals surface area contributed by atoms with Gasteiger partial charge in [0.25, 0.3) is 0 Å². The van der Waals surface area contributed by atoms with Crippen molar-refractivity contribution in [1.82, 2.24) is 5.32 Å². The zero-order chi connectivity index (χ0) is 22.3. The molecule has 1 aliphatic heterocycles. The molecular formula is C25H33NO3S2. The molecule has 6 heteroatoms. The van der Waals surface area contributed by atoms with Crippen molar-refractivity contribution in [3.8, 4) is 11.5 Å². The van der Waals surface area contributed by atoms with Gasteiger partial charge in [0.05, 0.1) is 18.3 Å². The van der Waals surface area contributed by atoms with Crippen molar-refractivity contribution in [3.63, 3.8) is 0 Å². The van der Waals surface area contributed by atoms with Crippen LogP contribution in [0.3, 0.4) is 0 Å². The Kier molecular flexibility index (Phi) is 8.61. The van der Waals surface area contributed by atoms with Gasteiger partial charge >= 0.3 is 0 Å². The molecule has 1 N–H and O–H groups in total. The molecule has 0 radical (unpaired) electrons. The lowest BCUT2D eigenvalue weighted by molar-refractivity contribution is -0.121. The highest BCUT2D eigenvalue weighted by molar-refractivity contribution is 8.18. The van der Waals surface area contributed by atoms with Crippen LogP contribution in [0.25, 0.3) is 0 Å². The van der Waals surface area contributed by atoms with Crippen LogP contribution in [0.15, 0.2) is 36.4 Å². The minimum absolute atomic E-state index is 0.121. The summed E-state index contributed by atoms with van der Waals surface area (Å²) in [6.07, 6.45) is 3.37. The minimum Gasteiger partial charge on any atom is -0.493 e. The molecule has 2 aromatic rings. The van der Waals surface area contributed by atoms with Gasteiger partial charge in [-0.3, -0.25) is 4.79 Å². The van der Waals surface area contributed by atoms with Crippen LogP contribution in [0.4, 0.5) is 0 Å². The largest absolute Gasteiger partial charge is 0.493 e. The van der Waals surface area contributed by atoms with E-state index >= 15 is 0 Å². The third-order valence-corrected chi connectivity index (χ3v) is 9.28. The van der Waals surface area contributed by atoms with Crippen LogP contribution in [0.5, 0.6) is 11.5 Å². The summed E-state index contributed by atoms with van der Waals surface area (Å²) in [6, 6.07) is 12.7. The molecule has 1 saturated heterocycles. The van der Waals surface area contributed by atoms with E-state index in [0.29, 0.717) is 13.0 Å². The number of carbonyl (C=O) groups is 1. The Labute approximate surface area is 194 Å². The molecular weight excluding hydrogens is 426 g/mol. The van der Waals surface area contributed by atoms with Gasteiger partial charge in [-0.15, -0.1) is 23.5 Å². The molecule has 1 aliphatic rings. The van der Waals surface area contributed by atoms with E-state index in [4.69, 9.17) is 9.47 Å². The summed E-state index contributed by atoms with van der Waals surface area (Å²) >= 11 is 3.90. The second kappa shape index (κ2) is 11.2. The summed E-state index contributed by atoms with van der Waals surface area (Å²) in [5.74, 6) is 3.81. The molecule has 0 bridgehead atoms. The topological polar surface area (TPSA) is 47.6 Å². The molecule has 168 valence electrons. The van der Waals surface area contributed by atoms with Crippen molar-refractivity contribution in [3.05, 3.63) is 58.7 Å². The third-order valence-electron chi connectivity index (χ3n) is 5.77. The van der Waals surface area contributed by atoms with Gasteiger partial charge in [-0.25, -0.2) is 0 Å². The Morgan fingerprint density at radius 1 is 1.00 bits per heavy atom. The molecule has 0 aromatic heterocycles. The Morgan fingerprint density at radius 3 is 2.42 bits per heavy atom. The van der Waals surface area contributed by atoms with Crippen molar-refractivity contribution in [2.75, 3.05) is 32.3 Å².